The lowest BCUT2D eigenvalue weighted by Crippen LogP contribution is -1.90. The van der Waals surface area contributed by atoms with Gasteiger partial charge in [-0.3, -0.25) is 15.1 Å². The van der Waals surface area contributed by atoms with Crippen molar-refractivity contribution >= 4 is 29.2 Å². The van der Waals surface area contributed by atoms with Gasteiger partial charge in [0.15, 0.2) is 0 Å². The molecule has 7 heteroatoms. The lowest BCUT2D eigenvalue weighted by molar-refractivity contribution is -0.384. The number of non-ortho nitro benzene ring substituents is 1. The molecule has 6 nitrogen and oxygen atoms in total. The first-order valence-corrected chi connectivity index (χ1v) is 7.94. The molecular weight excluding hydrogens is 356 g/mol. The third kappa shape index (κ3) is 4.17. The maximum Gasteiger partial charge on any atom is 0.270 e. The van der Waals surface area contributed by atoms with Gasteiger partial charge < -0.3 is 9.84 Å². The van der Waals surface area contributed by atoms with Crippen molar-refractivity contribution in [2.45, 2.75) is 0 Å². The molecule has 0 heterocycles. The molecule has 0 spiro atoms. The summed E-state index contributed by atoms with van der Waals surface area (Å²) in [6.45, 7) is 0. The largest absolute Gasteiger partial charge is 0.507 e. The van der Waals surface area contributed by atoms with Crippen LogP contribution in [0.15, 0.2) is 71.7 Å². The number of ether oxygens (including phenoxy) is 1. The molecule has 0 saturated carbocycles. The summed E-state index contributed by atoms with van der Waals surface area (Å²) in [4.78, 5) is 14.5. The zero-order valence-corrected chi connectivity index (χ0v) is 14.1. The van der Waals surface area contributed by atoms with Crippen molar-refractivity contribution in [2.24, 2.45) is 4.99 Å². The Hall–Kier alpha value is -3.38. The van der Waals surface area contributed by atoms with Gasteiger partial charge in [-0.1, -0.05) is 23.7 Å². The number of nitrogens with zero attached hydrogens (tertiary/aromatic N) is 2. The van der Waals surface area contributed by atoms with Crippen LogP contribution in [0.3, 0.4) is 0 Å². The molecule has 0 aromatic heterocycles. The van der Waals surface area contributed by atoms with Gasteiger partial charge in [-0.25, -0.2) is 0 Å². The predicted octanol–water partition coefficient (Wildman–Crippen LogP) is 5.50. The van der Waals surface area contributed by atoms with E-state index in [1.807, 2.05) is 12.1 Å². The van der Waals surface area contributed by atoms with Crippen LogP contribution in [0.4, 0.5) is 11.4 Å². The first-order valence-electron chi connectivity index (χ1n) is 7.57. The summed E-state index contributed by atoms with van der Waals surface area (Å²) in [6.07, 6.45) is 1.37. The van der Waals surface area contributed by atoms with Crippen LogP contribution in [0.25, 0.3) is 0 Å². The quantitative estimate of drug-likeness (QED) is 0.366. The summed E-state index contributed by atoms with van der Waals surface area (Å²) in [5, 5.41) is 21.1. The van der Waals surface area contributed by atoms with Gasteiger partial charge in [0.2, 0.25) is 0 Å². The van der Waals surface area contributed by atoms with Gasteiger partial charge in [0.25, 0.3) is 5.69 Å². The first kappa shape index (κ1) is 17.4. The summed E-state index contributed by atoms with van der Waals surface area (Å²) < 4.78 is 5.69. The third-order valence-corrected chi connectivity index (χ3v) is 3.79. The van der Waals surface area contributed by atoms with Gasteiger partial charge >= 0.3 is 0 Å². The first-order chi connectivity index (χ1) is 12.5. The van der Waals surface area contributed by atoms with E-state index in [0.717, 1.165) is 0 Å². The summed E-state index contributed by atoms with van der Waals surface area (Å²) in [7, 11) is 0. The second kappa shape index (κ2) is 7.67. The van der Waals surface area contributed by atoms with Crippen LogP contribution in [-0.4, -0.2) is 16.2 Å². The number of hydrogen-bond acceptors (Lipinski definition) is 5. The summed E-state index contributed by atoms with van der Waals surface area (Å²) >= 11 is 6.05. The van der Waals surface area contributed by atoms with Crippen molar-refractivity contribution in [3.63, 3.8) is 0 Å². The minimum atomic E-state index is -0.530. The number of halogens is 1. The van der Waals surface area contributed by atoms with E-state index in [2.05, 4.69) is 4.99 Å². The van der Waals surface area contributed by atoms with Crippen LogP contribution in [0, 0.1) is 10.1 Å². The molecule has 0 aliphatic heterocycles. The van der Waals surface area contributed by atoms with Crippen LogP contribution in [0.5, 0.6) is 17.2 Å². The highest BCUT2D eigenvalue weighted by molar-refractivity contribution is 6.32. The van der Waals surface area contributed by atoms with Gasteiger partial charge in [-0.2, -0.15) is 0 Å². The van der Waals surface area contributed by atoms with Gasteiger partial charge in [-0.15, -0.1) is 0 Å². The molecule has 130 valence electrons. The molecule has 0 aliphatic carbocycles. The van der Waals surface area contributed by atoms with Gasteiger partial charge in [0.1, 0.15) is 17.2 Å². The fourth-order valence-corrected chi connectivity index (χ4v) is 2.33. The van der Waals surface area contributed by atoms with Crippen molar-refractivity contribution in [1.29, 1.82) is 0 Å². The Kier molecular flexibility index (Phi) is 5.15. The number of para-hydroxylation sites is 1. The van der Waals surface area contributed by atoms with E-state index >= 15 is 0 Å². The maximum absolute atomic E-state index is 10.8. The van der Waals surface area contributed by atoms with E-state index in [4.69, 9.17) is 16.3 Å². The lowest BCUT2D eigenvalue weighted by Gasteiger charge is -2.07. The molecule has 0 aliphatic rings. The smallest absolute Gasteiger partial charge is 0.270 e. The number of hydrogen-bond donors (Lipinski definition) is 1. The van der Waals surface area contributed by atoms with Crippen molar-refractivity contribution in [2.75, 3.05) is 0 Å². The predicted molar refractivity (Wildman–Crippen MR) is 100.0 cm³/mol. The Morgan fingerprint density at radius 2 is 1.81 bits per heavy atom. The Morgan fingerprint density at radius 3 is 2.50 bits per heavy atom. The number of benzene rings is 3. The SMILES string of the molecule is O=[N+]([O-])c1ccc(O)c(C=Nc2ccc(Oc3ccccc3Cl)cc2)c1. The fraction of sp³-hybridized carbons (Fsp3) is 0. The monoisotopic (exact) mass is 368 g/mol. The topological polar surface area (TPSA) is 85.0 Å². The standard InChI is InChI=1S/C19H13ClN2O4/c20-17-3-1-2-4-19(17)26-16-8-5-14(6-9-16)21-12-13-11-15(22(24)25)7-10-18(13)23/h1-12,23H. The normalized spacial score (nSPS) is 10.8. The van der Waals surface area contributed by atoms with E-state index in [9.17, 15) is 15.2 Å². The molecule has 3 aromatic rings. The van der Waals surface area contributed by atoms with Crippen LogP contribution >= 0.6 is 11.6 Å². The van der Waals surface area contributed by atoms with E-state index in [0.29, 0.717) is 22.2 Å². The van der Waals surface area contributed by atoms with Crippen LogP contribution < -0.4 is 4.74 Å². The van der Waals surface area contributed by atoms with Crippen molar-refractivity contribution in [3.05, 3.63) is 87.4 Å². The van der Waals surface area contributed by atoms with E-state index < -0.39 is 4.92 Å². The van der Waals surface area contributed by atoms with Gasteiger partial charge in [-0.05, 0) is 42.5 Å². The Morgan fingerprint density at radius 1 is 1.08 bits per heavy atom. The number of nitro benzene ring substituents is 1. The van der Waals surface area contributed by atoms with Crippen LogP contribution in [-0.2, 0) is 0 Å². The zero-order valence-electron chi connectivity index (χ0n) is 13.4. The van der Waals surface area contributed by atoms with Crippen molar-refractivity contribution < 1.29 is 14.8 Å². The highest BCUT2D eigenvalue weighted by Gasteiger charge is 2.08. The average Bonchev–Trinajstić information content (AvgIpc) is 2.64. The van der Waals surface area contributed by atoms with Crippen LogP contribution in [0.2, 0.25) is 5.02 Å². The van der Waals surface area contributed by atoms with Crippen molar-refractivity contribution in [1.82, 2.24) is 0 Å². The van der Waals surface area contributed by atoms with E-state index in [1.54, 1.807) is 36.4 Å². The highest BCUT2D eigenvalue weighted by Crippen LogP contribution is 2.30. The van der Waals surface area contributed by atoms with E-state index in [-0.39, 0.29) is 17.0 Å². The summed E-state index contributed by atoms with van der Waals surface area (Å²) in [6, 6.07) is 17.8. The summed E-state index contributed by atoms with van der Waals surface area (Å²) in [5.41, 5.74) is 0.741. The maximum atomic E-state index is 10.8. The van der Waals surface area contributed by atoms with Gasteiger partial charge in [0, 0.05) is 23.9 Å². The molecule has 3 rings (SSSR count). The Balaban J connectivity index is 1.75. The number of rotatable bonds is 5. The minimum Gasteiger partial charge on any atom is -0.507 e. The highest BCUT2D eigenvalue weighted by atomic mass is 35.5. The molecule has 0 radical (unpaired) electrons. The number of aliphatic imine (C=N–C) groups is 1. The summed E-state index contributed by atoms with van der Waals surface area (Å²) in [5.74, 6) is 1.06. The molecular formula is C19H13ClN2O4. The number of nitro groups is 1. The molecule has 0 bridgehead atoms. The van der Waals surface area contributed by atoms with E-state index in [1.165, 1.54) is 24.4 Å². The Bertz CT molecular complexity index is 972. The fourth-order valence-electron chi connectivity index (χ4n) is 2.16. The average molecular weight is 369 g/mol. The zero-order chi connectivity index (χ0) is 18.5. The third-order valence-electron chi connectivity index (χ3n) is 3.48. The molecule has 0 amide bonds. The lowest BCUT2D eigenvalue weighted by atomic mass is 10.2. The minimum absolute atomic E-state index is 0.0852. The van der Waals surface area contributed by atoms with Crippen LogP contribution in [0.1, 0.15) is 5.56 Å². The molecule has 0 unspecified atom stereocenters. The Labute approximate surface area is 154 Å². The number of aromatic hydroxyl groups is 1. The molecule has 0 atom stereocenters. The molecule has 0 fully saturated rings. The number of phenolic OH excluding ortho intramolecular Hbond substituents is 1. The molecule has 26 heavy (non-hydrogen) atoms. The van der Waals surface area contributed by atoms with Crippen molar-refractivity contribution in [3.8, 4) is 17.2 Å². The molecule has 0 saturated heterocycles. The molecule has 1 N–H and O–H groups in total. The second-order valence-corrected chi connectivity index (χ2v) is 5.69. The molecule has 3 aromatic carbocycles. The van der Waals surface area contributed by atoms with Gasteiger partial charge in [0.05, 0.1) is 15.6 Å². The number of phenols is 1. The second-order valence-electron chi connectivity index (χ2n) is 5.28.